The molecule has 0 heterocycles. The zero-order valence-corrected chi connectivity index (χ0v) is 12.2. The zero-order valence-electron chi connectivity index (χ0n) is 12.2. The van der Waals surface area contributed by atoms with E-state index in [1.807, 2.05) is 20.8 Å². The standard InChI is InChI=1S/C15H24N2O2/c1-13(2,3)19-12(18)17-11-15(10-16)9-14(15)7-5-4-6-8-14/h4-9,11H2,1-3H3,(H,17,18). The Morgan fingerprint density at radius 1 is 1.32 bits per heavy atom. The lowest BCUT2D eigenvalue weighted by molar-refractivity contribution is 0.0516. The van der Waals surface area contributed by atoms with Crippen molar-refractivity contribution in [1.29, 1.82) is 5.26 Å². The molecule has 1 atom stereocenters. The van der Waals surface area contributed by atoms with E-state index in [0.717, 1.165) is 19.3 Å². The molecule has 0 aliphatic heterocycles. The summed E-state index contributed by atoms with van der Waals surface area (Å²) in [5.74, 6) is 0. The van der Waals surface area contributed by atoms with Crippen molar-refractivity contribution < 1.29 is 9.53 Å². The number of hydrogen-bond donors (Lipinski definition) is 1. The number of carbonyl (C=O) groups is 1. The molecule has 1 unspecified atom stereocenters. The van der Waals surface area contributed by atoms with E-state index >= 15 is 0 Å². The Morgan fingerprint density at radius 2 is 1.95 bits per heavy atom. The van der Waals surface area contributed by atoms with Gasteiger partial charge in [0, 0.05) is 6.54 Å². The van der Waals surface area contributed by atoms with Crippen molar-refractivity contribution in [3.63, 3.8) is 0 Å². The van der Waals surface area contributed by atoms with Crippen LogP contribution in [0.15, 0.2) is 0 Å². The second-order valence-corrected chi connectivity index (χ2v) is 7.07. The average molecular weight is 264 g/mol. The van der Waals surface area contributed by atoms with Crippen LogP contribution in [0.2, 0.25) is 0 Å². The molecule has 2 aliphatic rings. The monoisotopic (exact) mass is 264 g/mol. The second-order valence-electron chi connectivity index (χ2n) is 7.07. The van der Waals surface area contributed by atoms with Crippen molar-refractivity contribution in [2.75, 3.05) is 6.54 Å². The van der Waals surface area contributed by atoms with E-state index in [0.29, 0.717) is 6.54 Å². The Labute approximate surface area is 115 Å². The summed E-state index contributed by atoms with van der Waals surface area (Å²) in [6.45, 7) is 5.95. The second kappa shape index (κ2) is 4.70. The fourth-order valence-electron chi connectivity index (χ4n) is 3.40. The lowest BCUT2D eigenvalue weighted by Gasteiger charge is -2.26. The molecule has 1 N–H and O–H groups in total. The lowest BCUT2D eigenvalue weighted by Crippen LogP contribution is -2.37. The number of amides is 1. The minimum atomic E-state index is -0.490. The first-order valence-corrected chi connectivity index (χ1v) is 7.21. The summed E-state index contributed by atoms with van der Waals surface area (Å²) in [5.41, 5.74) is -0.657. The van der Waals surface area contributed by atoms with Gasteiger partial charge in [-0.2, -0.15) is 5.26 Å². The van der Waals surface area contributed by atoms with Gasteiger partial charge in [0.2, 0.25) is 0 Å². The largest absolute Gasteiger partial charge is 0.444 e. The molecule has 2 saturated carbocycles. The van der Waals surface area contributed by atoms with Crippen molar-refractivity contribution in [2.24, 2.45) is 10.8 Å². The Bertz CT molecular complexity index is 399. The highest BCUT2D eigenvalue weighted by Gasteiger charge is 2.67. The topological polar surface area (TPSA) is 62.1 Å². The molecule has 0 aromatic heterocycles. The summed E-state index contributed by atoms with van der Waals surface area (Å²) >= 11 is 0. The van der Waals surface area contributed by atoms with Gasteiger partial charge in [0.15, 0.2) is 0 Å². The van der Waals surface area contributed by atoms with E-state index in [9.17, 15) is 10.1 Å². The van der Waals surface area contributed by atoms with Crippen LogP contribution < -0.4 is 5.32 Å². The molecule has 0 radical (unpaired) electrons. The maximum absolute atomic E-state index is 11.7. The highest BCUT2D eigenvalue weighted by atomic mass is 16.6. The number of nitrogens with zero attached hydrogens (tertiary/aromatic N) is 1. The predicted octanol–water partition coefficient (Wildman–Crippen LogP) is 3.38. The van der Waals surface area contributed by atoms with Gasteiger partial charge in [0.1, 0.15) is 5.60 Å². The first-order chi connectivity index (χ1) is 8.83. The Balaban J connectivity index is 1.88. The number of carbonyl (C=O) groups excluding carboxylic acids is 1. The van der Waals surface area contributed by atoms with E-state index in [4.69, 9.17) is 4.74 Å². The quantitative estimate of drug-likeness (QED) is 0.831. The molecular formula is C15H24N2O2. The number of ether oxygens (including phenoxy) is 1. The maximum Gasteiger partial charge on any atom is 0.407 e. The first kappa shape index (κ1) is 14.2. The number of hydrogen-bond acceptors (Lipinski definition) is 3. The van der Waals surface area contributed by atoms with Crippen LogP contribution >= 0.6 is 0 Å². The van der Waals surface area contributed by atoms with Gasteiger partial charge in [-0.15, -0.1) is 0 Å². The Morgan fingerprint density at radius 3 is 2.47 bits per heavy atom. The maximum atomic E-state index is 11.7. The third-order valence-corrected chi connectivity index (χ3v) is 4.49. The molecular weight excluding hydrogens is 240 g/mol. The van der Waals surface area contributed by atoms with Crippen LogP contribution in [0.3, 0.4) is 0 Å². The van der Waals surface area contributed by atoms with E-state index in [1.165, 1.54) is 19.3 Å². The van der Waals surface area contributed by atoms with E-state index in [1.54, 1.807) is 0 Å². The van der Waals surface area contributed by atoms with Gasteiger partial charge in [0.05, 0.1) is 11.5 Å². The van der Waals surface area contributed by atoms with Crippen LogP contribution in [-0.4, -0.2) is 18.2 Å². The molecule has 0 saturated heterocycles. The molecule has 0 bridgehead atoms. The van der Waals surface area contributed by atoms with Gasteiger partial charge in [-0.25, -0.2) is 4.79 Å². The van der Waals surface area contributed by atoms with Gasteiger partial charge >= 0.3 is 6.09 Å². The smallest absolute Gasteiger partial charge is 0.407 e. The number of nitrogens with one attached hydrogen (secondary N) is 1. The molecule has 106 valence electrons. The van der Waals surface area contributed by atoms with Crippen LogP contribution in [0.5, 0.6) is 0 Å². The third-order valence-electron chi connectivity index (χ3n) is 4.49. The van der Waals surface area contributed by atoms with E-state index < -0.39 is 11.7 Å². The highest BCUT2D eigenvalue weighted by Crippen LogP contribution is 2.69. The van der Waals surface area contributed by atoms with Gasteiger partial charge in [-0.1, -0.05) is 19.3 Å². The van der Waals surface area contributed by atoms with Gasteiger partial charge in [-0.05, 0) is 45.4 Å². The van der Waals surface area contributed by atoms with Crippen LogP contribution in [0.1, 0.15) is 59.3 Å². The van der Waals surface area contributed by atoms with Crippen molar-refractivity contribution in [2.45, 2.75) is 64.9 Å². The molecule has 4 heteroatoms. The molecule has 2 fully saturated rings. The van der Waals surface area contributed by atoms with Crippen molar-refractivity contribution in [3.05, 3.63) is 0 Å². The fourth-order valence-corrected chi connectivity index (χ4v) is 3.40. The highest BCUT2D eigenvalue weighted by molar-refractivity contribution is 5.68. The predicted molar refractivity (Wildman–Crippen MR) is 72.4 cm³/mol. The molecule has 2 aliphatic carbocycles. The van der Waals surface area contributed by atoms with Crippen molar-refractivity contribution in [3.8, 4) is 6.07 Å². The summed E-state index contributed by atoms with van der Waals surface area (Å²) in [7, 11) is 0. The summed E-state index contributed by atoms with van der Waals surface area (Å²) in [6.07, 6.45) is 6.51. The van der Waals surface area contributed by atoms with Crippen molar-refractivity contribution >= 4 is 6.09 Å². The van der Waals surface area contributed by atoms with Gasteiger partial charge in [-0.3, -0.25) is 0 Å². The lowest BCUT2D eigenvalue weighted by atomic mass is 9.80. The average Bonchev–Trinajstić information content (AvgIpc) is 2.93. The summed E-state index contributed by atoms with van der Waals surface area (Å²) in [6, 6.07) is 2.46. The van der Waals surface area contributed by atoms with Crippen molar-refractivity contribution in [1.82, 2.24) is 5.32 Å². The SMILES string of the molecule is CC(C)(C)OC(=O)NCC1(C#N)CC12CCCCC2. The molecule has 1 amide bonds. The first-order valence-electron chi connectivity index (χ1n) is 7.21. The zero-order chi connectivity index (χ0) is 14.1. The summed E-state index contributed by atoms with van der Waals surface area (Å²) in [5, 5.41) is 12.3. The normalized spacial score (nSPS) is 28.5. The van der Waals surface area contributed by atoms with E-state index in [2.05, 4.69) is 11.4 Å². The number of rotatable bonds is 2. The van der Waals surface area contributed by atoms with Gasteiger partial charge < -0.3 is 10.1 Å². The molecule has 2 rings (SSSR count). The molecule has 0 aromatic carbocycles. The molecule has 0 aromatic rings. The van der Waals surface area contributed by atoms with E-state index in [-0.39, 0.29) is 10.8 Å². The minimum absolute atomic E-state index is 0.176. The minimum Gasteiger partial charge on any atom is -0.444 e. The van der Waals surface area contributed by atoms with Crippen LogP contribution in [0.4, 0.5) is 4.79 Å². The Kier molecular flexibility index (Phi) is 3.51. The number of nitriles is 1. The van der Waals surface area contributed by atoms with Gasteiger partial charge in [0.25, 0.3) is 0 Å². The fraction of sp³-hybridized carbons (Fsp3) is 0.867. The summed E-state index contributed by atoms with van der Waals surface area (Å²) in [4.78, 5) is 11.7. The third kappa shape index (κ3) is 2.86. The van der Waals surface area contributed by atoms with Crippen LogP contribution in [-0.2, 0) is 4.74 Å². The van der Waals surface area contributed by atoms with Crippen LogP contribution in [0.25, 0.3) is 0 Å². The molecule has 19 heavy (non-hydrogen) atoms. The molecule has 4 nitrogen and oxygen atoms in total. The number of alkyl carbamates (subject to hydrolysis) is 1. The Hall–Kier alpha value is -1.24. The molecule has 1 spiro atoms. The van der Waals surface area contributed by atoms with Crippen LogP contribution in [0, 0.1) is 22.2 Å². The summed E-state index contributed by atoms with van der Waals surface area (Å²) < 4.78 is 5.22.